The molecule has 2 saturated heterocycles. The molecule has 0 spiro atoms. The maximum absolute atomic E-state index is 13.6. The van der Waals surface area contributed by atoms with E-state index in [1.165, 1.54) is 0 Å². The fourth-order valence-electron chi connectivity index (χ4n) is 5.60. The molecule has 2 fully saturated rings. The van der Waals surface area contributed by atoms with Gasteiger partial charge >= 0.3 is 0 Å². The zero-order valence-corrected chi connectivity index (χ0v) is 23.6. The first-order chi connectivity index (χ1) is 20.4. The van der Waals surface area contributed by atoms with Crippen molar-refractivity contribution in [3.63, 3.8) is 0 Å². The van der Waals surface area contributed by atoms with Gasteiger partial charge in [0.05, 0.1) is 12.1 Å². The number of rotatable bonds is 5. The first-order valence-electron chi connectivity index (χ1n) is 14.5. The SMILES string of the molecule is Cc1cc2cc(NC(=N[C@H]3CCCCN(CC(=O)N4CCCC4)C3=O)NC(=O)c3ccc4ccccc4n3)ccc2o1. The second kappa shape index (κ2) is 12.0. The number of aromatic nitrogens is 1. The quantitative estimate of drug-likeness (QED) is 0.271. The van der Waals surface area contributed by atoms with Crippen molar-refractivity contribution >= 4 is 51.2 Å². The number of hydrogen-bond donors (Lipinski definition) is 2. The van der Waals surface area contributed by atoms with Crippen molar-refractivity contribution in [1.82, 2.24) is 20.1 Å². The number of fused-ring (bicyclic) bond motifs is 2. The van der Waals surface area contributed by atoms with E-state index in [1.807, 2.05) is 66.4 Å². The maximum Gasteiger partial charge on any atom is 0.276 e. The van der Waals surface area contributed by atoms with Gasteiger partial charge in [-0.3, -0.25) is 19.7 Å². The predicted octanol–water partition coefficient (Wildman–Crippen LogP) is 4.49. The van der Waals surface area contributed by atoms with E-state index in [1.54, 1.807) is 11.0 Å². The highest BCUT2D eigenvalue weighted by Crippen LogP contribution is 2.23. The van der Waals surface area contributed by atoms with E-state index in [-0.39, 0.29) is 30.0 Å². The summed E-state index contributed by atoms with van der Waals surface area (Å²) in [6, 6.07) is 17.9. The zero-order chi connectivity index (χ0) is 29.1. The number of aryl methyl sites for hydroxylation is 1. The number of nitrogens with one attached hydrogen (secondary N) is 2. The van der Waals surface area contributed by atoms with Gasteiger partial charge in [-0.15, -0.1) is 0 Å². The number of carbonyl (C=O) groups excluding carboxylic acids is 3. The number of benzene rings is 2. The van der Waals surface area contributed by atoms with Crippen molar-refractivity contribution < 1.29 is 18.8 Å². The highest BCUT2D eigenvalue weighted by molar-refractivity contribution is 6.10. The number of aliphatic imine (C=N–C) groups is 1. The van der Waals surface area contributed by atoms with Crippen LogP contribution in [0.5, 0.6) is 0 Å². The van der Waals surface area contributed by atoms with Crippen molar-refractivity contribution in [2.24, 2.45) is 4.99 Å². The standard InChI is InChI=1S/C32H34N6O4/c1-21-18-23-19-24(12-14-28(23)42-21)33-32(36-30(40)26-13-11-22-8-2-3-9-25(22)34-26)35-27-10-4-5-17-38(31(27)41)20-29(39)37-15-6-7-16-37/h2-3,8-9,11-14,18-19,27H,4-7,10,15-17,20H2,1H3,(H2,33,35,36,40)/t27-/m0/s1. The van der Waals surface area contributed by atoms with Crippen LogP contribution in [0.4, 0.5) is 5.69 Å². The van der Waals surface area contributed by atoms with Crippen LogP contribution >= 0.6 is 0 Å². The molecule has 10 heteroatoms. The highest BCUT2D eigenvalue weighted by Gasteiger charge is 2.30. The molecule has 42 heavy (non-hydrogen) atoms. The zero-order valence-electron chi connectivity index (χ0n) is 23.6. The number of para-hydroxylation sites is 1. The third-order valence-electron chi connectivity index (χ3n) is 7.79. The number of guanidine groups is 1. The molecule has 0 radical (unpaired) electrons. The summed E-state index contributed by atoms with van der Waals surface area (Å²) in [7, 11) is 0. The number of pyridine rings is 1. The molecule has 0 bridgehead atoms. The Bertz CT molecular complexity index is 1670. The lowest BCUT2D eigenvalue weighted by Crippen LogP contribution is -2.45. The molecule has 4 heterocycles. The van der Waals surface area contributed by atoms with Crippen LogP contribution in [0.3, 0.4) is 0 Å². The third kappa shape index (κ3) is 6.12. The van der Waals surface area contributed by atoms with Gasteiger partial charge in [-0.05, 0) is 75.4 Å². The van der Waals surface area contributed by atoms with E-state index in [4.69, 9.17) is 9.41 Å². The molecule has 2 aromatic heterocycles. The maximum atomic E-state index is 13.6. The van der Waals surface area contributed by atoms with Gasteiger partial charge in [-0.1, -0.05) is 24.3 Å². The molecule has 0 aliphatic carbocycles. The number of furan rings is 1. The van der Waals surface area contributed by atoms with Crippen molar-refractivity contribution in [1.29, 1.82) is 0 Å². The van der Waals surface area contributed by atoms with Gasteiger partial charge in [-0.2, -0.15) is 0 Å². The predicted molar refractivity (Wildman–Crippen MR) is 161 cm³/mol. The summed E-state index contributed by atoms with van der Waals surface area (Å²) in [4.78, 5) is 52.6. The smallest absolute Gasteiger partial charge is 0.276 e. The van der Waals surface area contributed by atoms with Crippen LogP contribution < -0.4 is 10.6 Å². The van der Waals surface area contributed by atoms with Crippen LogP contribution in [-0.2, 0) is 9.59 Å². The van der Waals surface area contributed by atoms with Gasteiger partial charge in [0.2, 0.25) is 17.8 Å². The lowest BCUT2D eigenvalue weighted by Gasteiger charge is -2.25. The Morgan fingerprint density at radius 2 is 1.79 bits per heavy atom. The second-order valence-electron chi connectivity index (χ2n) is 10.9. The summed E-state index contributed by atoms with van der Waals surface area (Å²) >= 11 is 0. The van der Waals surface area contributed by atoms with E-state index in [0.717, 1.165) is 60.9 Å². The number of amides is 3. The molecule has 0 saturated carbocycles. The highest BCUT2D eigenvalue weighted by atomic mass is 16.3. The number of likely N-dealkylation sites (tertiary alicyclic amines) is 2. The monoisotopic (exact) mass is 566 g/mol. The van der Waals surface area contributed by atoms with Crippen LogP contribution in [0, 0.1) is 6.92 Å². The van der Waals surface area contributed by atoms with Gasteiger partial charge in [0, 0.05) is 36.1 Å². The van der Waals surface area contributed by atoms with E-state index < -0.39 is 11.9 Å². The minimum absolute atomic E-state index is 0.0248. The molecule has 3 amide bonds. The number of anilines is 1. The van der Waals surface area contributed by atoms with Crippen LogP contribution in [-0.4, -0.2) is 70.7 Å². The number of hydrogen-bond acceptors (Lipinski definition) is 6. The van der Waals surface area contributed by atoms with Crippen LogP contribution in [0.2, 0.25) is 0 Å². The Morgan fingerprint density at radius 1 is 0.976 bits per heavy atom. The Labute approximate surface area is 243 Å². The largest absolute Gasteiger partial charge is 0.461 e. The summed E-state index contributed by atoms with van der Waals surface area (Å²) in [5.74, 6) is 0.246. The molecule has 2 N–H and O–H groups in total. The van der Waals surface area contributed by atoms with E-state index in [9.17, 15) is 14.4 Å². The molecular weight excluding hydrogens is 532 g/mol. The van der Waals surface area contributed by atoms with Crippen molar-refractivity contribution in [2.45, 2.75) is 45.1 Å². The Morgan fingerprint density at radius 3 is 2.64 bits per heavy atom. The van der Waals surface area contributed by atoms with Crippen LogP contribution in [0.25, 0.3) is 21.9 Å². The molecule has 0 unspecified atom stereocenters. The minimum atomic E-state index is -0.744. The van der Waals surface area contributed by atoms with Crippen LogP contribution in [0.15, 0.2) is 70.1 Å². The Kier molecular flexibility index (Phi) is 7.85. The molecule has 10 nitrogen and oxygen atoms in total. The van der Waals surface area contributed by atoms with Crippen molar-refractivity contribution in [3.8, 4) is 0 Å². The average Bonchev–Trinajstić information content (AvgIpc) is 3.63. The Balaban J connectivity index is 1.27. The normalized spacial score (nSPS) is 18.0. The first kappa shape index (κ1) is 27.4. The molecule has 1 atom stereocenters. The first-order valence-corrected chi connectivity index (χ1v) is 14.5. The van der Waals surface area contributed by atoms with Crippen molar-refractivity contribution in [3.05, 3.63) is 72.1 Å². The minimum Gasteiger partial charge on any atom is -0.461 e. The third-order valence-corrected chi connectivity index (χ3v) is 7.79. The summed E-state index contributed by atoms with van der Waals surface area (Å²) in [5.41, 5.74) is 2.36. The summed E-state index contributed by atoms with van der Waals surface area (Å²) in [6.07, 6.45) is 4.08. The second-order valence-corrected chi connectivity index (χ2v) is 10.9. The Hall–Kier alpha value is -4.73. The molecular formula is C32H34N6O4. The average molecular weight is 567 g/mol. The fraction of sp³-hybridized carbons (Fsp3) is 0.344. The summed E-state index contributed by atoms with van der Waals surface area (Å²) in [5, 5.41) is 7.89. The molecule has 2 aliphatic rings. The number of carbonyl (C=O) groups is 3. The van der Waals surface area contributed by atoms with E-state index in [2.05, 4.69) is 15.6 Å². The number of nitrogens with zero attached hydrogens (tertiary/aromatic N) is 4. The molecule has 2 aromatic carbocycles. The molecule has 4 aromatic rings. The fourth-order valence-corrected chi connectivity index (χ4v) is 5.60. The van der Waals surface area contributed by atoms with Gasteiger partial charge in [0.25, 0.3) is 5.91 Å². The lowest BCUT2D eigenvalue weighted by atomic mass is 10.1. The molecule has 2 aliphatic heterocycles. The topological polar surface area (TPSA) is 120 Å². The van der Waals surface area contributed by atoms with Gasteiger partial charge in [0.15, 0.2) is 0 Å². The molecule has 216 valence electrons. The van der Waals surface area contributed by atoms with E-state index in [0.29, 0.717) is 24.2 Å². The van der Waals surface area contributed by atoms with Crippen molar-refractivity contribution in [2.75, 3.05) is 31.5 Å². The van der Waals surface area contributed by atoms with Gasteiger partial charge in [-0.25, -0.2) is 9.98 Å². The van der Waals surface area contributed by atoms with E-state index >= 15 is 0 Å². The lowest BCUT2D eigenvalue weighted by molar-refractivity contribution is -0.140. The molecule has 6 rings (SSSR count). The van der Waals surface area contributed by atoms with Gasteiger partial charge in [0.1, 0.15) is 23.1 Å². The summed E-state index contributed by atoms with van der Waals surface area (Å²) < 4.78 is 5.70. The summed E-state index contributed by atoms with van der Waals surface area (Å²) in [6.45, 7) is 3.93. The van der Waals surface area contributed by atoms with Gasteiger partial charge < -0.3 is 19.5 Å². The van der Waals surface area contributed by atoms with Crippen LogP contribution in [0.1, 0.15) is 48.4 Å².